The Hall–Kier alpha value is -1.71. The highest BCUT2D eigenvalue weighted by atomic mass is 16.5. The van der Waals surface area contributed by atoms with Crippen molar-refractivity contribution in [3.05, 3.63) is 24.3 Å². The summed E-state index contributed by atoms with van der Waals surface area (Å²) in [5, 5.41) is 0. The topological polar surface area (TPSA) is 55.6 Å². The van der Waals surface area contributed by atoms with Gasteiger partial charge in [-0.15, -0.1) is 0 Å². The van der Waals surface area contributed by atoms with Gasteiger partial charge in [0.05, 0.1) is 5.69 Å². The molecule has 0 saturated carbocycles. The number of benzene rings is 1. The lowest BCUT2D eigenvalue weighted by atomic mass is 10.1. The molecule has 0 aliphatic carbocycles. The number of nitrogens with zero attached hydrogens (tertiary/aromatic N) is 1. The minimum Gasteiger partial charge on any atom is -0.482 e. The second kappa shape index (κ2) is 5.95. The summed E-state index contributed by atoms with van der Waals surface area (Å²) in [4.78, 5) is 14.2. The smallest absolute Gasteiger partial charge is 0.260 e. The summed E-state index contributed by atoms with van der Waals surface area (Å²) in [5.41, 5.74) is 6.36. The molecule has 0 radical (unpaired) electrons. The molecule has 2 N–H and O–H groups in total. The Morgan fingerprint density at radius 2 is 2.16 bits per heavy atom. The highest BCUT2D eigenvalue weighted by Crippen LogP contribution is 2.26. The third-order valence-electron chi connectivity index (χ3n) is 3.82. The zero-order valence-corrected chi connectivity index (χ0v) is 11.6. The molecular formula is C15H22N2O2. The lowest BCUT2D eigenvalue weighted by molar-refractivity contribution is -0.136. The van der Waals surface area contributed by atoms with Gasteiger partial charge in [0.15, 0.2) is 6.61 Å². The molecular weight excluding hydrogens is 240 g/mol. The number of nitrogens with two attached hydrogens (primary N) is 1. The van der Waals surface area contributed by atoms with Crippen LogP contribution in [0.1, 0.15) is 33.1 Å². The Balaban J connectivity index is 1.96. The van der Waals surface area contributed by atoms with Gasteiger partial charge >= 0.3 is 0 Å². The Morgan fingerprint density at radius 3 is 2.84 bits per heavy atom. The van der Waals surface area contributed by atoms with E-state index in [1.165, 1.54) is 0 Å². The van der Waals surface area contributed by atoms with Crippen LogP contribution in [0.25, 0.3) is 0 Å². The molecule has 19 heavy (non-hydrogen) atoms. The van der Waals surface area contributed by atoms with Crippen LogP contribution >= 0.6 is 0 Å². The summed E-state index contributed by atoms with van der Waals surface area (Å²) in [5.74, 6) is 0.635. The van der Waals surface area contributed by atoms with E-state index in [9.17, 15) is 4.79 Å². The van der Waals surface area contributed by atoms with Crippen molar-refractivity contribution < 1.29 is 9.53 Å². The summed E-state index contributed by atoms with van der Waals surface area (Å²) in [6.07, 6.45) is 3.18. The highest BCUT2D eigenvalue weighted by Gasteiger charge is 2.33. The predicted octanol–water partition coefficient (Wildman–Crippen LogP) is 2.44. The first kappa shape index (κ1) is 13.7. The van der Waals surface area contributed by atoms with Crippen LogP contribution in [0.4, 0.5) is 5.69 Å². The summed E-state index contributed by atoms with van der Waals surface area (Å²) in [6, 6.07) is 7.93. The summed E-state index contributed by atoms with van der Waals surface area (Å²) < 4.78 is 5.54. The van der Waals surface area contributed by atoms with E-state index in [1.807, 2.05) is 17.0 Å². The average molecular weight is 262 g/mol. The van der Waals surface area contributed by atoms with Crippen molar-refractivity contribution in [2.45, 2.75) is 45.2 Å². The average Bonchev–Trinajstić information content (AvgIpc) is 2.78. The van der Waals surface area contributed by atoms with Crippen molar-refractivity contribution in [1.82, 2.24) is 4.90 Å². The van der Waals surface area contributed by atoms with Gasteiger partial charge in [0.25, 0.3) is 5.91 Å². The Morgan fingerprint density at radius 1 is 1.42 bits per heavy atom. The number of hydrogen-bond donors (Lipinski definition) is 1. The number of rotatable bonds is 4. The molecule has 1 aliphatic rings. The molecule has 2 unspecified atom stereocenters. The number of ether oxygens (including phenoxy) is 1. The molecule has 1 aromatic rings. The normalized spacial score (nSPS) is 22.5. The van der Waals surface area contributed by atoms with E-state index < -0.39 is 0 Å². The maximum atomic E-state index is 12.3. The van der Waals surface area contributed by atoms with Crippen molar-refractivity contribution in [1.29, 1.82) is 0 Å². The first-order chi connectivity index (χ1) is 9.13. The Kier molecular flexibility index (Phi) is 4.30. The molecule has 1 aliphatic heterocycles. The van der Waals surface area contributed by atoms with E-state index in [1.54, 1.807) is 12.1 Å². The minimum atomic E-state index is 0.0557. The first-order valence-electron chi connectivity index (χ1n) is 6.92. The predicted molar refractivity (Wildman–Crippen MR) is 76.0 cm³/mol. The van der Waals surface area contributed by atoms with Gasteiger partial charge in [0.2, 0.25) is 0 Å². The maximum Gasteiger partial charge on any atom is 0.260 e. The number of hydrogen-bond acceptors (Lipinski definition) is 3. The van der Waals surface area contributed by atoms with E-state index in [2.05, 4.69) is 13.8 Å². The van der Waals surface area contributed by atoms with E-state index in [-0.39, 0.29) is 12.5 Å². The molecule has 1 amide bonds. The fourth-order valence-corrected chi connectivity index (χ4v) is 2.75. The van der Waals surface area contributed by atoms with Crippen LogP contribution in [0.5, 0.6) is 5.75 Å². The SMILES string of the molecule is CCC1CCC(C)N1C(=O)COc1ccccc1N. The van der Waals surface area contributed by atoms with Gasteiger partial charge in [0, 0.05) is 12.1 Å². The number of nitrogen functional groups attached to an aromatic ring is 1. The van der Waals surface area contributed by atoms with Crippen LogP contribution in [0.3, 0.4) is 0 Å². The van der Waals surface area contributed by atoms with Crippen LogP contribution in [0.2, 0.25) is 0 Å². The van der Waals surface area contributed by atoms with Gasteiger partial charge in [-0.2, -0.15) is 0 Å². The second-order valence-corrected chi connectivity index (χ2v) is 5.12. The third kappa shape index (κ3) is 3.00. The molecule has 4 heteroatoms. The van der Waals surface area contributed by atoms with Crippen molar-refractivity contribution in [2.24, 2.45) is 0 Å². The number of anilines is 1. The first-order valence-corrected chi connectivity index (χ1v) is 6.92. The monoisotopic (exact) mass is 262 g/mol. The lowest BCUT2D eigenvalue weighted by Crippen LogP contribution is -2.42. The van der Waals surface area contributed by atoms with E-state index in [0.29, 0.717) is 23.5 Å². The summed E-state index contributed by atoms with van der Waals surface area (Å²) >= 11 is 0. The molecule has 0 spiro atoms. The third-order valence-corrected chi connectivity index (χ3v) is 3.82. The van der Waals surface area contributed by atoms with E-state index >= 15 is 0 Å². The quantitative estimate of drug-likeness (QED) is 0.848. The number of carbonyl (C=O) groups excluding carboxylic acids is 1. The molecule has 1 saturated heterocycles. The zero-order chi connectivity index (χ0) is 13.8. The molecule has 1 aromatic carbocycles. The van der Waals surface area contributed by atoms with Gasteiger partial charge in [-0.3, -0.25) is 4.79 Å². The minimum absolute atomic E-state index is 0.0557. The fraction of sp³-hybridized carbons (Fsp3) is 0.533. The molecule has 2 rings (SSSR count). The molecule has 2 atom stereocenters. The number of likely N-dealkylation sites (tertiary alicyclic amines) is 1. The molecule has 1 fully saturated rings. The largest absolute Gasteiger partial charge is 0.482 e. The van der Waals surface area contributed by atoms with Gasteiger partial charge < -0.3 is 15.4 Å². The molecule has 0 aromatic heterocycles. The summed E-state index contributed by atoms with van der Waals surface area (Å²) in [6.45, 7) is 4.29. The standard InChI is InChI=1S/C15H22N2O2/c1-3-12-9-8-11(2)17(12)15(18)10-19-14-7-5-4-6-13(14)16/h4-7,11-12H,3,8-10,16H2,1-2H3. The number of amides is 1. The maximum absolute atomic E-state index is 12.3. The Bertz CT molecular complexity index is 448. The van der Waals surface area contributed by atoms with Gasteiger partial charge in [-0.05, 0) is 38.3 Å². The fourth-order valence-electron chi connectivity index (χ4n) is 2.75. The van der Waals surface area contributed by atoms with Crippen molar-refractivity contribution >= 4 is 11.6 Å². The van der Waals surface area contributed by atoms with Crippen LogP contribution in [-0.2, 0) is 4.79 Å². The Labute approximate surface area is 114 Å². The van der Waals surface area contributed by atoms with Crippen LogP contribution in [0, 0.1) is 0 Å². The van der Waals surface area contributed by atoms with Crippen molar-refractivity contribution in [3.8, 4) is 5.75 Å². The molecule has 1 heterocycles. The van der Waals surface area contributed by atoms with Gasteiger partial charge in [-0.25, -0.2) is 0 Å². The number of para-hydroxylation sites is 2. The van der Waals surface area contributed by atoms with Crippen molar-refractivity contribution in [2.75, 3.05) is 12.3 Å². The van der Waals surface area contributed by atoms with E-state index in [0.717, 1.165) is 19.3 Å². The molecule has 104 valence electrons. The van der Waals surface area contributed by atoms with Gasteiger partial charge in [-0.1, -0.05) is 19.1 Å². The van der Waals surface area contributed by atoms with Gasteiger partial charge in [0.1, 0.15) is 5.75 Å². The number of carbonyl (C=O) groups is 1. The molecule has 0 bridgehead atoms. The van der Waals surface area contributed by atoms with E-state index in [4.69, 9.17) is 10.5 Å². The lowest BCUT2D eigenvalue weighted by Gasteiger charge is -2.28. The van der Waals surface area contributed by atoms with Crippen LogP contribution in [-0.4, -0.2) is 29.5 Å². The second-order valence-electron chi connectivity index (χ2n) is 5.12. The van der Waals surface area contributed by atoms with Crippen LogP contribution < -0.4 is 10.5 Å². The van der Waals surface area contributed by atoms with Crippen molar-refractivity contribution in [3.63, 3.8) is 0 Å². The molecule has 4 nitrogen and oxygen atoms in total. The summed E-state index contributed by atoms with van der Waals surface area (Å²) in [7, 11) is 0. The van der Waals surface area contributed by atoms with Crippen LogP contribution in [0.15, 0.2) is 24.3 Å². The zero-order valence-electron chi connectivity index (χ0n) is 11.6. The highest BCUT2D eigenvalue weighted by molar-refractivity contribution is 5.79.